The SMILES string of the molecule is O=C(NCC1CC1)C1CC(=O)N(CC2CCN(C(=O)CN3CCCCCC3)CC2)C1. The number of likely N-dealkylation sites (tertiary alicyclic amines) is 3. The molecular weight excluding hydrogens is 380 g/mol. The van der Waals surface area contributed by atoms with Gasteiger partial charge in [0, 0.05) is 39.1 Å². The minimum Gasteiger partial charge on any atom is -0.356 e. The summed E-state index contributed by atoms with van der Waals surface area (Å²) in [4.78, 5) is 43.6. The lowest BCUT2D eigenvalue weighted by Gasteiger charge is -2.35. The third kappa shape index (κ3) is 5.96. The quantitative estimate of drug-likeness (QED) is 0.680. The number of nitrogens with one attached hydrogen (secondary N) is 1. The van der Waals surface area contributed by atoms with Gasteiger partial charge in [0.05, 0.1) is 12.5 Å². The second kappa shape index (κ2) is 10.1. The van der Waals surface area contributed by atoms with Crippen LogP contribution in [0.25, 0.3) is 0 Å². The van der Waals surface area contributed by atoms with Crippen molar-refractivity contribution in [2.75, 3.05) is 52.4 Å². The molecule has 0 bridgehead atoms. The van der Waals surface area contributed by atoms with E-state index >= 15 is 0 Å². The van der Waals surface area contributed by atoms with Crippen LogP contribution in [-0.2, 0) is 14.4 Å². The van der Waals surface area contributed by atoms with Gasteiger partial charge in [0.25, 0.3) is 0 Å². The fourth-order valence-corrected chi connectivity index (χ4v) is 5.10. The molecule has 0 aromatic rings. The number of carbonyl (C=O) groups is 3. The lowest BCUT2D eigenvalue weighted by atomic mass is 9.96. The molecule has 0 spiro atoms. The highest BCUT2D eigenvalue weighted by atomic mass is 16.2. The van der Waals surface area contributed by atoms with E-state index in [2.05, 4.69) is 10.2 Å². The Hall–Kier alpha value is -1.63. The van der Waals surface area contributed by atoms with E-state index in [0.29, 0.717) is 31.3 Å². The zero-order valence-corrected chi connectivity index (χ0v) is 18.3. The van der Waals surface area contributed by atoms with Crippen molar-refractivity contribution >= 4 is 17.7 Å². The standard InChI is InChI=1S/C23H38N4O3/c28-21-13-20(23(30)24-14-18-5-6-18)16-27(21)15-19-7-11-26(12-8-19)22(29)17-25-9-3-1-2-4-10-25/h18-20H,1-17H2,(H,24,30). The largest absolute Gasteiger partial charge is 0.356 e. The third-order valence-electron chi connectivity index (χ3n) is 7.35. The van der Waals surface area contributed by atoms with E-state index < -0.39 is 0 Å². The molecule has 1 unspecified atom stereocenters. The zero-order chi connectivity index (χ0) is 20.9. The van der Waals surface area contributed by atoms with E-state index in [4.69, 9.17) is 0 Å². The van der Waals surface area contributed by atoms with Gasteiger partial charge in [-0.1, -0.05) is 12.8 Å². The molecule has 4 fully saturated rings. The smallest absolute Gasteiger partial charge is 0.236 e. The van der Waals surface area contributed by atoms with Crippen molar-refractivity contribution < 1.29 is 14.4 Å². The molecule has 1 N–H and O–H groups in total. The summed E-state index contributed by atoms with van der Waals surface area (Å²) in [7, 11) is 0. The Balaban J connectivity index is 1.16. The van der Waals surface area contributed by atoms with Gasteiger partial charge in [-0.3, -0.25) is 19.3 Å². The van der Waals surface area contributed by atoms with Gasteiger partial charge < -0.3 is 15.1 Å². The molecular formula is C23H38N4O3. The number of rotatable bonds is 7. The topological polar surface area (TPSA) is 73.0 Å². The van der Waals surface area contributed by atoms with Crippen molar-refractivity contribution in [3.8, 4) is 0 Å². The van der Waals surface area contributed by atoms with E-state index in [-0.39, 0.29) is 23.6 Å². The van der Waals surface area contributed by atoms with Crippen molar-refractivity contribution in [3.63, 3.8) is 0 Å². The molecule has 30 heavy (non-hydrogen) atoms. The number of carbonyl (C=O) groups excluding carboxylic acids is 3. The van der Waals surface area contributed by atoms with Gasteiger partial charge in [-0.15, -0.1) is 0 Å². The molecule has 168 valence electrons. The molecule has 4 rings (SSSR count). The van der Waals surface area contributed by atoms with Crippen LogP contribution in [0.4, 0.5) is 0 Å². The first-order valence-corrected chi connectivity index (χ1v) is 12.1. The number of hydrogen-bond donors (Lipinski definition) is 1. The van der Waals surface area contributed by atoms with Crippen LogP contribution >= 0.6 is 0 Å². The second-order valence-corrected chi connectivity index (χ2v) is 9.90. The van der Waals surface area contributed by atoms with Crippen molar-refractivity contribution in [2.24, 2.45) is 17.8 Å². The Morgan fingerprint density at radius 3 is 2.27 bits per heavy atom. The van der Waals surface area contributed by atoms with E-state index in [1.54, 1.807) is 0 Å². The minimum atomic E-state index is -0.188. The van der Waals surface area contributed by atoms with Crippen molar-refractivity contribution in [2.45, 2.75) is 57.8 Å². The number of nitrogens with zero attached hydrogens (tertiary/aromatic N) is 3. The molecule has 1 atom stereocenters. The maximum Gasteiger partial charge on any atom is 0.236 e. The van der Waals surface area contributed by atoms with Crippen LogP contribution in [0.3, 0.4) is 0 Å². The van der Waals surface area contributed by atoms with Crippen LogP contribution < -0.4 is 5.32 Å². The summed E-state index contributed by atoms with van der Waals surface area (Å²) in [6, 6.07) is 0. The molecule has 7 nitrogen and oxygen atoms in total. The third-order valence-corrected chi connectivity index (χ3v) is 7.35. The molecule has 4 aliphatic rings. The monoisotopic (exact) mass is 418 g/mol. The van der Waals surface area contributed by atoms with Crippen LogP contribution in [0.15, 0.2) is 0 Å². The fraction of sp³-hybridized carbons (Fsp3) is 0.870. The molecule has 7 heteroatoms. The number of hydrogen-bond acceptors (Lipinski definition) is 4. The molecule has 3 heterocycles. The van der Waals surface area contributed by atoms with Crippen LogP contribution in [0, 0.1) is 17.8 Å². The highest BCUT2D eigenvalue weighted by molar-refractivity contribution is 5.89. The van der Waals surface area contributed by atoms with E-state index in [9.17, 15) is 14.4 Å². The summed E-state index contributed by atoms with van der Waals surface area (Å²) in [6.07, 6.45) is 9.68. The first-order chi connectivity index (χ1) is 14.6. The summed E-state index contributed by atoms with van der Waals surface area (Å²) in [6.45, 7) is 6.32. The molecule has 3 aliphatic heterocycles. The highest BCUT2D eigenvalue weighted by Gasteiger charge is 2.36. The lowest BCUT2D eigenvalue weighted by Crippen LogP contribution is -2.46. The lowest BCUT2D eigenvalue weighted by molar-refractivity contribution is -0.134. The summed E-state index contributed by atoms with van der Waals surface area (Å²) < 4.78 is 0. The van der Waals surface area contributed by atoms with Gasteiger partial charge in [0.15, 0.2) is 0 Å². The Labute approximate surface area is 180 Å². The summed E-state index contributed by atoms with van der Waals surface area (Å²) in [5.74, 6) is 1.33. The summed E-state index contributed by atoms with van der Waals surface area (Å²) in [5, 5.41) is 3.02. The average Bonchev–Trinajstić information content (AvgIpc) is 3.54. The van der Waals surface area contributed by atoms with Gasteiger partial charge in [0.1, 0.15) is 0 Å². The van der Waals surface area contributed by atoms with Crippen LogP contribution in [0.1, 0.15) is 57.8 Å². The Kier molecular flexibility index (Phi) is 7.28. The van der Waals surface area contributed by atoms with Gasteiger partial charge in [0.2, 0.25) is 17.7 Å². The molecule has 1 saturated carbocycles. The summed E-state index contributed by atoms with van der Waals surface area (Å²) >= 11 is 0. The van der Waals surface area contributed by atoms with Gasteiger partial charge in [-0.05, 0) is 63.5 Å². The van der Waals surface area contributed by atoms with Crippen LogP contribution in [-0.4, -0.2) is 84.8 Å². The molecule has 3 amide bonds. The number of piperidine rings is 1. The molecule has 0 radical (unpaired) electrons. The Morgan fingerprint density at radius 2 is 1.60 bits per heavy atom. The first-order valence-electron chi connectivity index (χ1n) is 12.1. The van der Waals surface area contributed by atoms with Crippen LogP contribution in [0.5, 0.6) is 0 Å². The maximum atomic E-state index is 12.7. The zero-order valence-electron chi connectivity index (χ0n) is 18.3. The first kappa shape index (κ1) is 21.6. The van der Waals surface area contributed by atoms with Crippen LogP contribution in [0.2, 0.25) is 0 Å². The number of amides is 3. The van der Waals surface area contributed by atoms with Crippen molar-refractivity contribution in [1.82, 2.24) is 20.0 Å². The van der Waals surface area contributed by atoms with Gasteiger partial charge in [-0.2, -0.15) is 0 Å². The molecule has 0 aromatic heterocycles. The second-order valence-electron chi connectivity index (χ2n) is 9.90. The molecule has 1 aliphatic carbocycles. The summed E-state index contributed by atoms with van der Waals surface area (Å²) in [5.41, 5.74) is 0. The molecule has 0 aromatic carbocycles. The Morgan fingerprint density at radius 1 is 0.900 bits per heavy atom. The van der Waals surface area contributed by atoms with Gasteiger partial charge in [-0.25, -0.2) is 0 Å². The van der Waals surface area contributed by atoms with Crippen molar-refractivity contribution in [3.05, 3.63) is 0 Å². The fourth-order valence-electron chi connectivity index (χ4n) is 5.10. The van der Waals surface area contributed by atoms with Gasteiger partial charge >= 0.3 is 0 Å². The van der Waals surface area contributed by atoms with Crippen molar-refractivity contribution in [1.29, 1.82) is 0 Å². The van der Waals surface area contributed by atoms with E-state index in [0.717, 1.165) is 52.1 Å². The normalized spacial score (nSPS) is 26.7. The Bertz CT molecular complexity index is 620. The predicted octanol–water partition coefficient (Wildman–Crippen LogP) is 1.48. The minimum absolute atomic E-state index is 0.0479. The maximum absolute atomic E-state index is 12.7. The van der Waals surface area contributed by atoms with E-state index in [1.165, 1.54) is 38.5 Å². The molecule has 3 saturated heterocycles. The highest BCUT2D eigenvalue weighted by Crippen LogP contribution is 2.28. The predicted molar refractivity (Wildman–Crippen MR) is 115 cm³/mol. The van der Waals surface area contributed by atoms with E-state index in [1.807, 2.05) is 9.80 Å². The average molecular weight is 419 g/mol.